The second-order valence-electron chi connectivity index (χ2n) is 3.25. The summed E-state index contributed by atoms with van der Waals surface area (Å²) < 4.78 is 4.65. The van der Waals surface area contributed by atoms with Crippen molar-refractivity contribution in [1.82, 2.24) is 10.3 Å². The van der Waals surface area contributed by atoms with Gasteiger partial charge in [0.1, 0.15) is 11.0 Å². The SMILES string of the molecule is CC(C)c1c(Cl)ccc2nonc12. The number of fused-ring (bicyclic) bond motifs is 1. The van der Waals surface area contributed by atoms with Gasteiger partial charge in [-0.15, -0.1) is 0 Å². The fourth-order valence-corrected chi connectivity index (χ4v) is 1.77. The fraction of sp³-hybridized carbons (Fsp3) is 0.333. The van der Waals surface area contributed by atoms with Crippen molar-refractivity contribution >= 4 is 22.6 Å². The third kappa shape index (κ3) is 1.29. The molecule has 0 amide bonds. The van der Waals surface area contributed by atoms with Gasteiger partial charge in [-0.2, -0.15) is 0 Å². The van der Waals surface area contributed by atoms with E-state index in [9.17, 15) is 0 Å². The normalized spacial score (nSPS) is 11.4. The topological polar surface area (TPSA) is 38.9 Å². The van der Waals surface area contributed by atoms with E-state index in [0.29, 0.717) is 5.92 Å². The van der Waals surface area contributed by atoms with Gasteiger partial charge in [0.25, 0.3) is 0 Å². The first-order valence-electron chi connectivity index (χ1n) is 4.11. The largest absolute Gasteiger partial charge is 0.243 e. The van der Waals surface area contributed by atoms with Crippen LogP contribution in [0.3, 0.4) is 0 Å². The van der Waals surface area contributed by atoms with Crippen LogP contribution in [0.2, 0.25) is 5.02 Å². The van der Waals surface area contributed by atoms with E-state index in [4.69, 9.17) is 11.6 Å². The van der Waals surface area contributed by atoms with Crippen molar-refractivity contribution in [3.05, 3.63) is 22.7 Å². The Kier molecular flexibility index (Phi) is 1.96. The lowest BCUT2D eigenvalue weighted by Crippen LogP contribution is -1.90. The van der Waals surface area contributed by atoms with E-state index in [-0.39, 0.29) is 0 Å². The number of hydrogen-bond donors (Lipinski definition) is 0. The van der Waals surface area contributed by atoms with Crippen LogP contribution in [0, 0.1) is 0 Å². The molecule has 0 aliphatic heterocycles. The Morgan fingerprint density at radius 1 is 1.31 bits per heavy atom. The summed E-state index contributed by atoms with van der Waals surface area (Å²) in [7, 11) is 0. The lowest BCUT2D eigenvalue weighted by Gasteiger charge is -2.06. The minimum absolute atomic E-state index is 0.322. The molecule has 2 aromatic rings. The minimum Gasteiger partial charge on any atom is -0.243 e. The Balaban J connectivity index is 2.80. The van der Waals surface area contributed by atoms with Crippen molar-refractivity contribution < 1.29 is 4.63 Å². The van der Waals surface area contributed by atoms with Crippen LogP contribution >= 0.6 is 11.6 Å². The molecular formula is C9H9ClN2O. The molecule has 0 fully saturated rings. The Morgan fingerprint density at radius 3 is 2.77 bits per heavy atom. The Hall–Kier alpha value is -1.09. The zero-order valence-electron chi connectivity index (χ0n) is 7.41. The summed E-state index contributed by atoms with van der Waals surface area (Å²) in [5, 5.41) is 8.31. The standard InChI is InChI=1S/C9H9ClN2O/c1-5(2)8-6(10)3-4-7-9(8)12-13-11-7/h3-5H,1-2H3. The molecule has 0 saturated heterocycles. The van der Waals surface area contributed by atoms with E-state index in [1.165, 1.54) is 0 Å². The van der Waals surface area contributed by atoms with E-state index in [1.807, 2.05) is 6.07 Å². The highest BCUT2D eigenvalue weighted by Crippen LogP contribution is 2.29. The molecule has 0 aliphatic rings. The molecule has 68 valence electrons. The second-order valence-corrected chi connectivity index (χ2v) is 3.65. The van der Waals surface area contributed by atoms with Crippen LogP contribution in [0.4, 0.5) is 0 Å². The predicted octanol–water partition coefficient (Wildman–Crippen LogP) is 3.00. The smallest absolute Gasteiger partial charge is 0.140 e. The minimum atomic E-state index is 0.322. The number of nitrogens with zero attached hydrogens (tertiary/aromatic N) is 2. The van der Waals surface area contributed by atoms with Crippen molar-refractivity contribution in [3.63, 3.8) is 0 Å². The molecule has 0 unspecified atom stereocenters. The molecule has 1 heterocycles. The molecule has 0 atom stereocenters. The third-order valence-corrected chi connectivity index (χ3v) is 2.32. The number of aromatic nitrogens is 2. The van der Waals surface area contributed by atoms with Gasteiger partial charge in [-0.05, 0) is 28.4 Å². The molecule has 1 aromatic carbocycles. The highest BCUT2D eigenvalue weighted by molar-refractivity contribution is 6.32. The van der Waals surface area contributed by atoms with Crippen molar-refractivity contribution in [2.75, 3.05) is 0 Å². The molecule has 0 saturated carbocycles. The van der Waals surface area contributed by atoms with Crippen molar-refractivity contribution in [2.45, 2.75) is 19.8 Å². The van der Waals surface area contributed by atoms with Crippen LogP contribution in [-0.2, 0) is 0 Å². The van der Waals surface area contributed by atoms with E-state index in [2.05, 4.69) is 28.8 Å². The quantitative estimate of drug-likeness (QED) is 0.704. The first-order valence-corrected chi connectivity index (χ1v) is 4.48. The third-order valence-electron chi connectivity index (χ3n) is 1.99. The van der Waals surface area contributed by atoms with Crippen LogP contribution in [0.15, 0.2) is 16.8 Å². The summed E-state index contributed by atoms with van der Waals surface area (Å²) >= 11 is 6.05. The van der Waals surface area contributed by atoms with E-state index in [1.54, 1.807) is 6.07 Å². The molecular weight excluding hydrogens is 188 g/mol. The zero-order valence-corrected chi connectivity index (χ0v) is 8.17. The van der Waals surface area contributed by atoms with Gasteiger partial charge < -0.3 is 0 Å². The van der Waals surface area contributed by atoms with Crippen molar-refractivity contribution in [3.8, 4) is 0 Å². The van der Waals surface area contributed by atoms with Gasteiger partial charge in [0.05, 0.1) is 0 Å². The fourth-order valence-electron chi connectivity index (χ4n) is 1.40. The molecule has 0 radical (unpaired) electrons. The molecule has 0 N–H and O–H groups in total. The van der Waals surface area contributed by atoms with Crippen LogP contribution in [-0.4, -0.2) is 10.3 Å². The van der Waals surface area contributed by atoms with Crippen LogP contribution < -0.4 is 0 Å². The summed E-state index contributed by atoms with van der Waals surface area (Å²) in [4.78, 5) is 0. The summed E-state index contributed by atoms with van der Waals surface area (Å²) in [6.07, 6.45) is 0. The lowest BCUT2D eigenvalue weighted by atomic mass is 10.0. The average molecular weight is 197 g/mol. The maximum absolute atomic E-state index is 6.05. The summed E-state index contributed by atoms with van der Waals surface area (Å²) in [5.41, 5.74) is 2.52. The Morgan fingerprint density at radius 2 is 2.08 bits per heavy atom. The van der Waals surface area contributed by atoms with E-state index < -0.39 is 0 Å². The predicted molar refractivity (Wildman–Crippen MR) is 50.9 cm³/mol. The molecule has 0 bridgehead atoms. The van der Waals surface area contributed by atoms with Gasteiger partial charge >= 0.3 is 0 Å². The van der Waals surface area contributed by atoms with Crippen molar-refractivity contribution in [2.24, 2.45) is 0 Å². The Labute approximate surface area is 80.6 Å². The second kappa shape index (κ2) is 3.00. The van der Waals surface area contributed by atoms with Gasteiger partial charge in [-0.3, -0.25) is 0 Å². The number of halogens is 1. The van der Waals surface area contributed by atoms with Gasteiger partial charge in [-0.1, -0.05) is 25.4 Å². The molecule has 1 aromatic heterocycles. The molecule has 3 nitrogen and oxygen atoms in total. The lowest BCUT2D eigenvalue weighted by molar-refractivity contribution is 0.315. The van der Waals surface area contributed by atoms with E-state index >= 15 is 0 Å². The van der Waals surface area contributed by atoms with Gasteiger partial charge in [0.2, 0.25) is 0 Å². The highest BCUT2D eigenvalue weighted by Gasteiger charge is 2.13. The number of benzene rings is 1. The van der Waals surface area contributed by atoms with Gasteiger partial charge in [0, 0.05) is 10.6 Å². The summed E-state index contributed by atoms with van der Waals surface area (Å²) in [6, 6.07) is 3.63. The highest BCUT2D eigenvalue weighted by atomic mass is 35.5. The molecule has 4 heteroatoms. The maximum Gasteiger partial charge on any atom is 0.140 e. The maximum atomic E-state index is 6.05. The molecule has 0 aliphatic carbocycles. The average Bonchev–Trinajstić information content (AvgIpc) is 2.50. The Bertz CT molecular complexity index is 436. The first-order chi connectivity index (χ1) is 6.20. The monoisotopic (exact) mass is 196 g/mol. The van der Waals surface area contributed by atoms with Gasteiger partial charge in [0.15, 0.2) is 0 Å². The molecule has 2 rings (SSSR count). The van der Waals surface area contributed by atoms with Gasteiger partial charge in [-0.25, -0.2) is 4.63 Å². The van der Waals surface area contributed by atoms with E-state index in [0.717, 1.165) is 21.6 Å². The molecule has 13 heavy (non-hydrogen) atoms. The number of rotatable bonds is 1. The number of hydrogen-bond acceptors (Lipinski definition) is 3. The summed E-state index contributed by atoms with van der Waals surface area (Å²) in [5.74, 6) is 0.322. The summed E-state index contributed by atoms with van der Waals surface area (Å²) in [6.45, 7) is 4.13. The first kappa shape index (κ1) is 8.51. The van der Waals surface area contributed by atoms with Crippen LogP contribution in [0.1, 0.15) is 25.3 Å². The van der Waals surface area contributed by atoms with Crippen LogP contribution in [0.25, 0.3) is 11.0 Å². The molecule has 0 spiro atoms. The van der Waals surface area contributed by atoms with Crippen molar-refractivity contribution in [1.29, 1.82) is 0 Å². The van der Waals surface area contributed by atoms with Crippen LogP contribution in [0.5, 0.6) is 0 Å². The zero-order chi connectivity index (χ0) is 9.42.